The summed E-state index contributed by atoms with van der Waals surface area (Å²) in [6, 6.07) is 4.37. The molecule has 0 nitrogen and oxygen atoms in total. The van der Waals surface area contributed by atoms with E-state index in [1.165, 1.54) is 36.0 Å². The topological polar surface area (TPSA) is 0 Å². The fourth-order valence-electron chi connectivity index (χ4n) is 1.96. The summed E-state index contributed by atoms with van der Waals surface area (Å²) in [5.41, 5.74) is 4.15. The van der Waals surface area contributed by atoms with Crippen LogP contribution in [-0.2, 0) is 19.3 Å². The summed E-state index contributed by atoms with van der Waals surface area (Å²) >= 11 is 6.14. The molecule has 1 aromatic rings. The van der Waals surface area contributed by atoms with Gasteiger partial charge >= 0.3 is 0 Å². The minimum absolute atomic E-state index is 0.881. The van der Waals surface area contributed by atoms with Gasteiger partial charge in [0.2, 0.25) is 0 Å². The van der Waals surface area contributed by atoms with E-state index in [0.29, 0.717) is 0 Å². The summed E-state index contributed by atoms with van der Waals surface area (Å²) in [5, 5.41) is 0.903. The first-order valence-electron chi connectivity index (χ1n) is 4.72. The molecule has 0 N–H and O–H groups in total. The van der Waals surface area contributed by atoms with E-state index in [1.54, 1.807) is 0 Å². The minimum Gasteiger partial charge on any atom is -0.103 e. The van der Waals surface area contributed by atoms with Crippen molar-refractivity contribution in [1.29, 1.82) is 0 Å². The van der Waals surface area contributed by atoms with Crippen molar-refractivity contribution in [2.75, 3.05) is 0 Å². The lowest BCUT2D eigenvalue weighted by atomic mass is 10.0. The summed E-state index contributed by atoms with van der Waals surface area (Å²) in [5.74, 6) is 0. The molecular formula is C12H13Cl. The Hall–Kier alpha value is -0.750. The average molecular weight is 193 g/mol. The van der Waals surface area contributed by atoms with Crippen molar-refractivity contribution in [3.8, 4) is 0 Å². The highest BCUT2D eigenvalue weighted by Crippen LogP contribution is 2.28. The molecule has 0 unspecified atom stereocenters. The molecule has 0 saturated carbocycles. The third kappa shape index (κ3) is 1.64. The van der Waals surface area contributed by atoms with E-state index in [0.717, 1.165) is 11.4 Å². The largest absolute Gasteiger partial charge is 0.103 e. The summed E-state index contributed by atoms with van der Waals surface area (Å²) in [6.45, 7) is 3.73. The molecule has 0 radical (unpaired) electrons. The van der Waals surface area contributed by atoms with Crippen molar-refractivity contribution in [3.05, 3.63) is 46.5 Å². The molecule has 0 amide bonds. The minimum atomic E-state index is 0.881. The van der Waals surface area contributed by atoms with Crippen LogP contribution >= 0.6 is 11.6 Å². The van der Waals surface area contributed by atoms with Crippen molar-refractivity contribution >= 4 is 11.6 Å². The Morgan fingerprint density at radius 3 is 2.69 bits per heavy atom. The van der Waals surface area contributed by atoms with Crippen LogP contribution in [0.25, 0.3) is 0 Å². The van der Waals surface area contributed by atoms with Crippen molar-refractivity contribution in [2.24, 2.45) is 0 Å². The van der Waals surface area contributed by atoms with Crippen LogP contribution in [0, 0.1) is 0 Å². The zero-order chi connectivity index (χ0) is 9.26. The van der Waals surface area contributed by atoms with Crippen LogP contribution in [0.5, 0.6) is 0 Å². The van der Waals surface area contributed by atoms with Crippen LogP contribution in [0.1, 0.15) is 23.1 Å². The predicted molar refractivity (Wildman–Crippen MR) is 57.4 cm³/mol. The fraction of sp³-hybridized carbons (Fsp3) is 0.333. The molecule has 68 valence electrons. The number of allylic oxidation sites excluding steroid dienone is 1. The number of hydrogen-bond donors (Lipinski definition) is 0. The molecule has 0 spiro atoms. The van der Waals surface area contributed by atoms with Crippen LogP contribution in [0.3, 0.4) is 0 Å². The maximum Gasteiger partial charge on any atom is 0.0444 e. The Bertz CT molecular complexity index is 339. The predicted octanol–water partition coefficient (Wildman–Crippen LogP) is 3.56. The van der Waals surface area contributed by atoms with E-state index in [2.05, 4.69) is 18.7 Å². The molecule has 0 atom stereocenters. The molecule has 0 heterocycles. The summed E-state index contributed by atoms with van der Waals surface area (Å²) in [4.78, 5) is 0. The monoisotopic (exact) mass is 192 g/mol. The summed E-state index contributed by atoms with van der Waals surface area (Å²) in [6.07, 6.45) is 6.48. The van der Waals surface area contributed by atoms with Crippen molar-refractivity contribution in [1.82, 2.24) is 0 Å². The number of hydrogen-bond acceptors (Lipinski definition) is 0. The van der Waals surface area contributed by atoms with E-state index in [-0.39, 0.29) is 0 Å². The molecule has 1 aromatic carbocycles. The van der Waals surface area contributed by atoms with Gasteiger partial charge in [0.25, 0.3) is 0 Å². The molecule has 0 saturated heterocycles. The Morgan fingerprint density at radius 2 is 2.00 bits per heavy atom. The average Bonchev–Trinajstić information content (AvgIpc) is 2.52. The number of fused-ring (bicyclic) bond motifs is 1. The molecular weight excluding hydrogens is 180 g/mol. The SMILES string of the molecule is C=CCc1cc2c(cc1Cl)CCC2. The normalized spacial score (nSPS) is 14.2. The second-order valence-electron chi connectivity index (χ2n) is 3.56. The summed E-state index contributed by atoms with van der Waals surface area (Å²) in [7, 11) is 0. The van der Waals surface area contributed by atoms with Gasteiger partial charge in [0.15, 0.2) is 0 Å². The Labute approximate surface area is 84.2 Å². The lowest BCUT2D eigenvalue weighted by Gasteiger charge is -2.05. The number of rotatable bonds is 2. The van der Waals surface area contributed by atoms with E-state index >= 15 is 0 Å². The second-order valence-corrected chi connectivity index (χ2v) is 3.97. The highest BCUT2D eigenvalue weighted by atomic mass is 35.5. The molecule has 0 aromatic heterocycles. The maximum absolute atomic E-state index is 6.14. The van der Waals surface area contributed by atoms with E-state index in [1.807, 2.05) is 6.08 Å². The number of halogens is 1. The first-order chi connectivity index (χ1) is 6.31. The van der Waals surface area contributed by atoms with Gasteiger partial charge in [-0.15, -0.1) is 6.58 Å². The smallest absolute Gasteiger partial charge is 0.0444 e. The van der Waals surface area contributed by atoms with Crippen LogP contribution < -0.4 is 0 Å². The highest BCUT2D eigenvalue weighted by molar-refractivity contribution is 6.31. The van der Waals surface area contributed by atoms with Gasteiger partial charge in [-0.2, -0.15) is 0 Å². The third-order valence-corrected chi connectivity index (χ3v) is 2.98. The van der Waals surface area contributed by atoms with Crippen LogP contribution in [0.15, 0.2) is 24.8 Å². The standard InChI is InChI=1S/C12H13Cl/c1-2-4-11-7-9-5-3-6-10(9)8-12(11)13/h2,7-8H,1,3-6H2. The van der Waals surface area contributed by atoms with Crippen molar-refractivity contribution in [2.45, 2.75) is 25.7 Å². The van der Waals surface area contributed by atoms with Gasteiger partial charge in [-0.25, -0.2) is 0 Å². The highest BCUT2D eigenvalue weighted by Gasteiger charge is 2.12. The van der Waals surface area contributed by atoms with Crippen LogP contribution in [-0.4, -0.2) is 0 Å². The Kier molecular flexibility index (Phi) is 2.41. The summed E-state index contributed by atoms with van der Waals surface area (Å²) < 4.78 is 0. The molecule has 2 rings (SSSR count). The molecule has 0 aliphatic heterocycles. The first-order valence-corrected chi connectivity index (χ1v) is 5.10. The van der Waals surface area contributed by atoms with E-state index in [9.17, 15) is 0 Å². The number of benzene rings is 1. The van der Waals surface area contributed by atoms with Gasteiger partial charge in [0.05, 0.1) is 0 Å². The molecule has 1 aliphatic carbocycles. The zero-order valence-corrected chi connectivity index (χ0v) is 8.40. The second kappa shape index (κ2) is 3.55. The van der Waals surface area contributed by atoms with Crippen molar-refractivity contribution < 1.29 is 0 Å². The van der Waals surface area contributed by atoms with Gasteiger partial charge in [-0.05, 0) is 48.4 Å². The molecule has 13 heavy (non-hydrogen) atoms. The van der Waals surface area contributed by atoms with Gasteiger partial charge in [-0.3, -0.25) is 0 Å². The van der Waals surface area contributed by atoms with Crippen LogP contribution in [0.4, 0.5) is 0 Å². The van der Waals surface area contributed by atoms with E-state index < -0.39 is 0 Å². The van der Waals surface area contributed by atoms with Gasteiger partial charge in [0, 0.05) is 5.02 Å². The quantitative estimate of drug-likeness (QED) is 0.629. The lowest BCUT2D eigenvalue weighted by molar-refractivity contribution is 0.911. The van der Waals surface area contributed by atoms with E-state index in [4.69, 9.17) is 11.6 Å². The van der Waals surface area contributed by atoms with Crippen molar-refractivity contribution in [3.63, 3.8) is 0 Å². The molecule has 1 aliphatic rings. The third-order valence-electron chi connectivity index (χ3n) is 2.63. The Balaban J connectivity index is 2.42. The van der Waals surface area contributed by atoms with Gasteiger partial charge in [-0.1, -0.05) is 23.7 Å². The number of aryl methyl sites for hydroxylation is 2. The maximum atomic E-state index is 6.14. The molecule has 1 heteroatoms. The first kappa shape index (κ1) is 8.83. The van der Waals surface area contributed by atoms with Gasteiger partial charge < -0.3 is 0 Å². The molecule has 0 fully saturated rings. The van der Waals surface area contributed by atoms with Gasteiger partial charge in [0.1, 0.15) is 0 Å². The fourth-order valence-corrected chi connectivity index (χ4v) is 2.22. The van der Waals surface area contributed by atoms with Crippen LogP contribution in [0.2, 0.25) is 5.02 Å². The lowest BCUT2D eigenvalue weighted by Crippen LogP contribution is -1.89. The zero-order valence-electron chi connectivity index (χ0n) is 7.65. The molecule has 0 bridgehead atoms. The Morgan fingerprint density at radius 1 is 1.31 bits per heavy atom.